The van der Waals surface area contributed by atoms with Crippen molar-refractivity contribution in [1.82, 2.24) is 0 Å². The van der Waals surface area contributed by atoms with E-state index >= 15 is 0 Å². The summed E-state index contributed by atoms with van der Waals surface area (Å²) in [5.74, 6) is -0.536. The summed E-state index contributed by atoms with van der Waals surface area (Å²) in [5, 5.41) is 0. The summed E-state index contributed by atoms with van der Waals surface area (Å²) in [5.41, 5.74) is 0.587. The number of benzene rings is 1. The van der Waals surface area contributed by atoms with Gasteiger partial charge in [0, 0.05) is 0 Å². The van der Waals surface area contributed by atoms with Gasteiger partial charge in [-0.3, -0.25) is 0 Å². The minimum atomic E-state index is -0.447. The Labute approximate surface area is 221 Å². The fourth-order valence-corrected chi connectivity index (χ4v) is 4.53. The molecule has 0 saturated carbocycles. The van der Waals surface area contributed by atoms with Gasteiger partial charge in [-0.05, 0) is 24.5 Å². The Hall–Kier alpha value is -1.84. The third kappa shape index (κ3) is 15.3. The Morgan fingerprint density at radius 3 is 1.39 bits per heavy atom. The molecule has 0 aromatic heterocycles. The molecule has 0 atom stereocenters. The van der Waals surface area contributed by atoms with Crippen molar-refractivity contribution in [3.63, 3.8) is 0 Å². The number of ether oxygens (including phenoxy) is 2. The van der Waals surface area contributed by atoms with Crippen molar-refractivity contribution < 1.29 is 19.1 Å². The first-order valence-electron chi connectivity index (χ1n) is 15.1. The maximum Gasteiger partial charge on any atom is 0.339 e. The van der Waals surface area contributed by atoms with Gasteiger partial charge in [-0.25, -0.2) is 9.59 Å². The van der Waals surface area contributed by atoms with Crippen LogP contribution in [0.4, 0.5) is 0 Å². The number of unbranched alkanes of at least 4 members (excludes halogenated alkanes) is 15. The monoisotopic (exact) mass is 502 g/mol. The number of carbonyl (C=O) groups excluding carboxylic acids is 2. The van der Waals surface area contributed by atoms with Crippen LogP contribution in [0.1, 0.15) is 157 Å². The van der Waals surface area contributed by atoms with Crippen molar-refractivity contribution in [2.45, 2.75) is 136 Å². The summed E-state index contributed by atoms with van der Waals surface area (Å²) in [6.07, 6.45) is 23.0. The van der Waals surface area contributed by atoms with Gasteiger partial charge in [0.2, 0.25) is 0 Å². The minimum Gasteiger partial charge on any atom is -0.462 e. The predicted octanol–water partition coefficient (Wildman–Crippen LogP) is 9.70. The van der Waals surface area contributed by atoms with Crippen molar-refractivity contribution in [1.29, 1.82) is 0 Å². The zero-order valence-electron chi connectivity index (χ0n) is 23.7. The van der Waals surface area contributed by atoms with Crippen LogP contribution in [0.3, 0.4) is 0 Å². The highest BCUT2D eigenvalue weighted by atomic mass is 16.5. The molecule has 0 bridgehead atoms. The van der Waals surface area contributed by atoms with Crippen LogP contribution in [0.5, 0.6) is 0 Å². The van der Waals surface area contributed by atoms with E-state index in [9.17, 15) is 9.59 Å². The smallest absolute Gasteiger partial charge is 0.339 e. The van der Waals surface area contributed by atoms with Crippen LogP contribution in [-0.2, 0) is 9.47 Å². The lowest BCUT2D eigenvalue weighted by Gasteiger charge is -2.14. The van der Waals surface area contributed by atoms with Crippen molar-refractivity contribution in [2.75, 3.05) is 13.2 Å². The molecule has 4 heteroatoms. The van der Waals surface area contributed by atoms with E-state index in [-0.39, 0.29) is 0 Å². The van der Waals surface area contributed by atoms with E-state index in [4.69, 9.17) is 9.47 Å². The quantitative estimate of drug-likeness (QED) is 0.110. The van der Waals surface area contributed by atoms with E-state index in [1.54, 1.807) is 24.3 Å². The predicted molar refractivity (Wildman–Crippen MR) is 151 cm³/mol. The largest absolute Gasteiger partial charge is 0.462 e. The van der Waals surface area contributed by atoms with Crippen LogP contribution < -0.4 is 0 Å². The number of hydrogen-bond donors (Lipinski definition) is 0. The van der Waals surface area contributed by atoms with Gasteiger partial charge in [0.1, 0.15) is 0 Å². The summed E-state index contributed by atoms with van der Waals surface area (Å²) in [4.78, 5) is 25.1. The lowest BCUT2D eigenvalue weighted by Crippen LogP contribution is -2.17. The molecule has 0 N–H and O–H groups in total. The van der Waals surface area contributed by atoms with E-state index in [0.717, 1.165) is 25.7 Å². The SMILES string of the molecule is CCCCCCCCCCCCCCCCCCOC(=O)c1ccccc1C(=O)OCC(CC)CC. The normalized spacial score (nSPS) is 11.1. The van der Waals surface area contributed by atoms with Gasteiger partial charge < -0.3 is 9.47 Å². The molecule has 1 aromatic rings. The van der Waals surface area contributed by atoms with E-state index in [0.29, 0.717) is 30.3 Å². The van der Waals surface area contributed by atoms with Crippen LogP contribution in [0.15, 0.2) is 24.3 Å². The van der Waals surface area contributed by atoms with Crippen molar-refractivity contribution in [3.8, 4) is 0 Å². The lowest BCUT2D eigenvalue weighted by atomic mass is 10.0. The molecule has 0 spiro atoms. The fourth-order valence-electron chi connectivity index (χ4n) is 4.53. The highest BCUT2D eigenvalue weighted by molar-refractivity contribution is 6.03. The molecule has 0 heterocycles. The second-order valence-electron chi connectivity index (χ2n) is 10.3. The second kappa shape index (κ2) is 22.4. The first kappa shape index (κ1) is 32.2. The van der Waals surface area contributed by atoms with Crippen LogP contribution in [0, 0.1) is 5.92 Å². The third-order valence-electron chi connectivity index (χ3n) is 7.20. The topological polar surface area (TPSA) is 52.6 Å². The van der Waals surface area contributed by atoms with E-state index < -0.39 is 11.9 Å². The van der Waals surface area contributed by atoms with Gasteiger partial charge in [0.25, 0.3) is 0 Å². The summed E-state index contributed by atoms with van der Waals surface area (Å²) in [6, 6.07) is 6.78. The standard InChI is InChI=1S/C32H54O4/c1-4-7-8-9-10-11-12-13-14-15-16-17-18-19-20-23-26-35-31(33)29-24-21-22-25-30(29)32(34)36-27-28(5-2)6-3/h21-22,24-25,28H,4-20,23,26-27H2,1-3H3. The van der Waals surface area contributed by atoms with Crippen LogP contribution in [0.25, 0.3) is 0 Å². The molecular weight excluding hydrogens is 448 g/mol. The van der Waals surface area contributed by atoms with E-state index in [1.807, 2.05) is 0 Å². The molecule has 1 aromatic carbocycles. The Balaban J connectivity index is 2.07. The maximum atomic E-state index is 12.6. The van der Waals surface area contributed by atoms with Crippen molar-refractivity contribution >= 4 is 11.9 Å². The fraction of sp³-hybridized carbons (Fsp3) is 0.750. The summed E-state index contributed by atoms with van der Waals surface area (Å²) in [6.45, 7) is 7.23. The van der Waals surface area contributed by atoms with Gasteiger partial charge in [0.15, 0.2) is 0 Å². The molecule has 0 fully saturated rings. The Bertz CT molecular complexity index is 680. The number of rotatable bonds is 23. The molecule has 0 unspecified atom stereocenters. The number of esters is 2. The molecule has 4 nitrogen and oxygen atoms in total. The minimum absolute atomic E-state index is 0.292. The summed E-state index contributed by atoms with van der Waals surface area (Å²) >= 11 is 0. The van der Waals surface area contributed by atoms with Gasteiger partial charge in [-0.2, -0.15) is 0 Å². The molecule has 36 heavy (non-hydrogen) atoms. The molecule has 0 saturated heterocycles. The van der Waals surface area contributed by atoms with Gasteiger partial charge in [0.05, 0.1) is 24.3 Å². The zero-order chi connectivity index (χ0) is 26.3. The van der Waals surface area contributed by atoms with E-state index in [2.05, 4.69) is 20.8 Å². The van der Waals surface area contributed by atoms with Gasteiger partial charge in [-0.15, -0.1) is 0 Å². The Kier molecular flexibility index (Phi) is 20.0. The lowest BCUT2D eigenvalue weighted by molar-refractivity contribution is 0.0408. The first-order chi connectivity index (χ1) is 17.6. The average Bonchev–Trinajstić information content (AvgIpc) is 2.90. The molecular formula is C32H54O4. The molecule has 0 aliphatic heterocycles. The van der Waals surface area contributed by atoms with Crippen molar-refractivity contribution in [3.05, 3.63) is 35.4 Å². The molecule has 0 radical (unpaired) electrons. The van der Waals surface area contributed by atoms with Crippen LogP contribution in [0.2, 0.25) is 0 Å². The zero-order valence-corrected chi connectivity index (χ0v) is 23.7. The van der Waals surface area contributed by atoms with Crippen LogP contribution >= 0.6 is 0 Å². The first-order valence-corrected chi connectivity index (χ1v) is 15.1. The third-order valence-corrected chi connectivity index (χ3v) is 7.20. The Morgan fingerprint density at radius 2 is 0.972 bits per heavy atom. The number of carbonyl (C=O) groups is 2. The van der Waals surface area contributed by atoms with Gasteiger partial charge in [-0.1, -0.05) is 142 Å². The molecule has 206 valence electrons. The molecule has 0 amide bonds. The maximum absolute atomic E-state index is 12.6. The van der Waals surface area contributed by atoms with Crippen LogP contribution in [-0.4, -0.2) is 25.2 Å². The molecule has 0 aliphatic rings. The highest BCUT2D eigenvalue weighted by Crippen LogP contribution is 2.16. The molecule has 1 rings (SSSR count). The average molecular weight is 503 g/mol. The highest BCUT2D eigenvalue weighted by Gasteiger charge is 2.19. The van der Waals surface area contributed by atoms with Gasteiger partial charge >= 0.3 is 11.9 Å². The summed E-state index contributed by atoms with van der Waals surface area (Å²) < 4.78 is 10.9. The molecule has 0 aliphatic carbocycles. The number of hydrogen-bond acceptors (Lipinski definition) is 4. The van der Waals surface area contributed by atoms with E-state index in [1.165, 1.54) is 89.9 Å². The second-order valence-corrected chi connectivity index (χ2v) is 10.3. The Morgan fingerprint density at radius 1 is 0.583 bits per heavy atom. The summed E-state index contributed by atoms with van der Waals surface area (Å²) in [7, 11) is 0. The van der Waals surface area contributed by atoms with Crippen molar-refractivity contribution in [2.24, 2.45) is 5.92 Å².